The number of hydrogen-bond acceptors (Lipinski definition) is 2. The minimum Gasteiger partial charge on any atom is -0.384 e. The van der Waals surface area contributed by atoms with Crippen molar-refractivity contribution in [3.8, 4) is 0 Å². The Balaban J connectivity index is 0.000000531. The Kier molecular flexibility index (Phi) is 6.18. The lowest BCUT2D eigenvalue weighted by Gasteiger charge is -2.31. The van der Waals surface area contributed by atoms with Gasteiger partial charge in [-0.1, -0.05) is 0 Å². The summed E-state index contributed by atoms with van der Waals surface area (Å²) in [5.41, 5.74) is 0. The summed E-state index contributed by atoms with van der Waals surface area (Å²) in [6.45, 7) is 4.96. The third kappa shape index (κ3) is 4.94. The largest absolute Gasteiger partial charge is 0.384 e. The normalized spacial score (nSPS) is 23.4. The van der Waals surface area contributed by atoms with Crippen LogP contribution in [0.3, 0.4) is 0 Å². The van der Waals surface area contributed by atoms with E-state index in [4.69, 9.17) is 4.74 Å². The molecular formula is C12H24FNO. The maximum atomic E-state index is 9.50. The van der Waals surface area contributed by atoms with Crippen LogP contribution in [-0.4, -0.2) is 45.4 Å². The van der Waals surface area contributed by atoms with Gasteiger partial charge in [-0.25, -0.2) is 0 Å². The van der Waals surface area contributed by atoms with Crippen LogP contribution in [0.15, 0.2) is 0 Å². The van der Waals surface area contributed by atoms with Crippen LogP contribution < -0.4 is 0 Å². The van der Waals surface area contributed by atoms with Crippen molar-refractivity contribution < 1.29 is 9.13 Å². The molecule has 1 heterocycles. The number of methoxy groups -OCH3 is 1. The van der Waals surface area contributed by atoms with Crippen LogP contribution in [0.4, 0.5) is 4.39 Å². The molecule has 0 aromatic carbocycles. The van der Waals surface area contributed by atoms with Crippen molar-refractivity contribution in [3.63, 3.8) is 0 Å². The first kappa shape index (κ1) is 12.9. The van der Waals surface area contributed by atoms with E-state index in [1.807, 2.05) is 7.11 Å². The molecule has 1 aliphatic carbocycles. The number of alkyl halides is 1. The smallest absolute Gasteiger partial charge is 0.0785 e. The zero-order valence-corrected chi connectivity index (χ0v) is 10.0. The number of likely N-dealkylation sites (tertiary alicyclic amines) is 1. The Bertz CT molecular complexity index is 154. The zero-order chi connectivity index (χ0) is 11.1. The lowest BCUT2D eigenvalue weighted by Crippen LogP contribution is -2.36. The highest BCUT2D eigenvalue weighted by atomic mass is 19.1. The molecule has 0 aromatic heterocycles. The molecule has 0 N–H and O–H groups in total. The number of hydrogen-bond donors (Lipinski definition) is 0. The average Bonchev–Trinajstić information content (AvgIpc) is 3.08. The first-order chi connectivity index (χ1) is 7.38. The van der Waals surface area contributed by atoms with Crippen molar-refractivity contribution in [1.29, 1.82) is 0 Å². The van der Waals surface area contributed by atoms with Crippen LogP contribution in [0.2, 0.25) is 0 Å². The van der Waals surface area contributed by atoms with Crippen LogP contribution in [0.1, 0.15) is 25.7 Å². The van der Waals surface area contributed by atoms with Gasteiger partial charge in [0, 0.05) is 20.3 Å². The molecule has 2 fully saturated rings. The van der Waals surface area contributed by atoms with Crippen molar-refractivity contribution in [2.75, 3.05) is 40.5 Å². The standard InChI is InChI=1S/C11H21NO.CH3F/c1-13-9-11-4-6-12(7-5-11)8-10-2-3-10;1-2/h10-11H,2-9H2,1H3;1H3. The molecule has 1 saturated carbocycles. The summed E-state index contributed by atoms with van der Waals surface area (Å²) in [7, 11) is 2.32. The van der Waals surface area contributed by atoms with Gasteiger partial charge in [-0.05, 0) is 50.6 Å². The fourth-order valence-electron chi connectivity index (χ4n) is 2.24. The summed E-state index contributed by atoms with van der Waals surface area (Å²) in [4.78, 5) is 2.64. The monoisotopic (exact) mass is 217 g/mol. The molecule has 0 amide bonds. The predicted octanol–water partition coefficient (Wildman–Crippen LogP) is 2.34. The molecule has 0 radical (unpaired) electrons. The molecule has 2 nitrogen and oxygen atoms in total. The van der Waals surface area contributed by atoms with E-state index in [1.54, 1.807) is 0 Å². The second kappa shape index (κ2) is 7.18. The van der Waals surface area contributed by atoms with Gasteiger partial charge in [-0.2, -0.15) is 0 Å². The van der Waals surface area contributed by atoms with Gasteiger partial charge in [0.15, 0.2) is 0 Å². The average molecular weight is 217 g/mol. The SMILES string of the molecule is CF.COCC1CCN(CC2CC2)CC1. The summed E-state index contributed by atoms with van der Waals surface area (Å²) < 4.78 is 14.7. The number of piperidine rings is 1. The molecule has 0 unspecified atom stereocenters. The van der Waals surface area contributed by atoms with Crippen molar-refractivity contribution >= 4 is 0 Å². The van der Waals surface area contributed by atoms with Crippen LogP contribution in [0.5, 0.6) is 0 Å². The van der Waals surface area contributed by atoms with Crippen molar-refractivity contribution in [3.05, 3.63) is 0 Å². The fourth-order valence-corrected chi connectivity index (χ4v) is 2.24. The number of ether oxygens (including phenoxy) is 1. The Morgan fingerprint density at radius 3 is 2.13 bits per heavy atom. The van der Waals surface area contributed by atoms with Crippen LogP contribution in [0, 0.1) is 11.8 Å². The van der Waals surface area contributed by atoms with Crippen molar-refractivity contribution in [2.24, 2.45) is 11.8 Å². The van der Waals surface area contributed by atoms with Gasteiger partial charge < -0.3 is 9.64 Å². The van der Waals surface area contributed by atoms with E-state index in [2.05, 4.69) is 4.90 Å². The maximum Gasteiger partial charge on any atom is 0.0785 e. The molecule has 3 heteroatoms. The second-order valence-electron chi connectivity index (χ2n) is 4.64. The van der Waals surface area contributed by atoms with Gasteiger partial charge in [0.05, 0.1) is 7.18 Å². The number of nitrogens with zero attached hydrogens (tertiary/aromatic N) is 1. The highest BCUT2D eigenvalue weighted by molar-refractivity contribution is 4.80. The minimum atomic E-state index is 0.500. The van der Waals surface area contributed by atoms with E-state index >= 15 is 0 Å². The van der Waals surface area contributed by atoms with E-state index in [-0.39, 0.29) is 0 Å². The lowest BCUT2D eigenvalue weighted by atomic mass is 9.98. The highest BCUT2D eigenvalue weighted by Crippen LogP contribution is 2.31. The topological polar surface area (TPSA) is 12.5 Å². The summed E-state index contributed by atoms with van der Waals surface area (Å²) in [5.74, 6) is 1.89. The maximum absolute atomic E-state index is 9.50. The molecule has 2 rings (SSSR count). The van der Waals surface area contributed by atoms with Crippen LogP contribution in [-0.2, 0) is 4.74 Å². The number of rotatable bonds is 4. The van der Waals surface area contributed by atoms with Gasteiger partial charge >= 0.3 is 0 Å². The Morgan fingerprint density at radius 1 is 1.07 bits per heavy atom. The van der Waals surface area contributed by atoms with E-state index in [9.17, 15) is 4.39 Å². The summed E-state index contributed by atoms with van der Waals surface area (Å²) in [5, 5.41) is 0. The molecule has 0 spiro atoms. The van der Waals surface area contributed by atoms with Crippen LogP contribution >= 0.6 is 0 Å². The molecule has 15 heavy (non-hydrogen) atoms. The van der Waals surface area contributed by atoms with Gasteiger partial charge in [0.25, 0.3) is 0 Å². The van der Waals surface area contributed by atoms with Crippen molar-refractivity contribution in [2.45, 2.75) is 25.7 Å². The Hall–Kier alpha value is -0.150. The van der Waals surface area contributed by atoms with Crippen molar-refractivity contribution in [1.82, 2.24) is 4.90 Å². The molecule has 0 atom stereocenters. The van der Waals surface area contributed by atoms with Gasteiger partial charge in [0.1, 0.15) is 0 Å². The molecule has 0 bridgehead atoms. The fraction of sp³-hybridized carbons (Fsp3) is 1.00. The molecule has 90 valence electrons. The zero-order valence-electron chi connectivity index (χ0n) is 10.0. The molecule has 1 aliphatic heterocycles. The summed E-state index contributed by atoms with van der Waals surface area (Å²) in [6.07, 6.45) is 5.66. The Morgan fingerprint density at radius 2 is 1.67 bits per heavy atom. The van der Waals surface area contributed by atoms with Gasteiger partial charge in [-0.15, -0.1) is 0 Å². The minimum absolute atomic E-state index is 0.500. The van der Waals surface area contributed by atoms with E-state index in [0.29, 0.717) is 7.18 Å². The molecule has 1 saturated heterocycles. The first-order valence-corrected chi connectivity index (χ1v) is 5.97. The summed E-state index contributed by atoms with van der Waals surface area (Å²) in [6, 6.07) is 0. The van der Waals surface area contributed by atoms with E-state index < -0.39 is 0 Å². The molecule has 0 aromatic rings. The predicted molar refractivity (Wildman–Crippen MR) is 60.8 cm³/mol. The highest BCUT2D eigenvalue weighted by Gasteiger charge is 2.26. The van der Waals surface area contributed by atoms with E-state index in [0.717, 1.165) is 18.4 Å². The third-order valence-electron chi connectivity index (χ3n) is 3.32. The second-order valence-corrected chi connectivity index (χ2v) is 4.64. The number of halogens is 1. The third-order valence-corrected chi connectivity index (χ3v) is 3.32. The van der Waals surface area contributed by atoms with Gasteiger partial charge in [-0.3, -0.25) is 4.39 Å². The van der Waals surface area contributed by atoms with Gasteiger partial charge in [0.2, 0.25) is 0 Å². The quantitative estimate of drug-likeness (QED) is 0.716. The van der Waals surface area contributed by atoms with Crippen LogP contribution in [0.25, 0.3) is 0 Å². The molecule has 2 aliphatic rings. The molecular weight excluding hydrogens is 193 g/mol. The lowest BCUT2D eigenvalue weighted by molar-refractivity contribution is 0.0977. The Labute approximate surface area is 92.8 Å². The van der Waals surface area contributed by atoms with E-state index in [1.165, 1.54) is 45.3 Å². The first-order valence-electron chi connectivity index (χ1n) is 5.97. The summed E-state index contributed by atoms with van der Waals surface area (Å²) >= 11 is 0.